The van der Waals surface area contributed by atoms with E-state index in [0.29, 0.717) is 30.8 Å². The molecule has 0 aromatic heterocycles. The minimum atomic E-state index is -0.758. The fraction of sp³-hybridized carbons (Fsp3) is 0.368. The number of hydrogen-bond donors (Lipinski definition) is 2. The first-order valence-corrected chi connectivity index (χ1v) is 7.94. The van der Waals surface area contributed by atoms with Crippen molar-refractivity contribution in [1.82, 2.24) is 4.90 Å². The lowest BCUT2D eigenvalue weighted by atomic mass is 10.0. The van der Waals surface area contributed by atoms with Gasteiger partial charge in [0.2, 0.25) is 0 Å². The Morgan fingerprint density at radius 2 is 1.96 bits per heavy atom. The molecule has 2 aromatic carbocycles. The molecule has 1 atom stereocenters. The van der Waals surface area contributed by atoms with E-state index in [9.17, 15) is 14.6 Å². The number of nitrogens with zero attached hydrogens (tertiary/aromatic N) is 1. The molecule has 4 nitrogen and oxygen atoms in total. The maximum Gasteiger partial charge on any atom is 0.123 e. The Balaban J connectivity index is 2.12. The van der Waals surface area contributed by atoms with Gasteiger partial charge in [-0.05, 0) is 36.2 Å². The summed E-state index contributed by atoms with van der Waals surface area (Å²) in [6.07, 6.45) is -0.758. The Hall–Kier alpha value is -1.95. The highest BCUT2D eigenvalue weighted by Gasteiger charge is 2.17. The lowest BCUT2D eigenvalue weighted by Crippen LogP contribution is -2.31. The normalized spacial score (nSPS) is 12.4. The molecule has 0 aliphatic carbocycles. The van der Waals surface area contributed by atoms with Crippen LogP contribution in [0.2, 0.25) is 0 Å². The fourth-order valence-corrected chi connectivity index (χ4v) is 2.81. The summed E-state index contributed by atoms with van der Waals surface area (Å²) in [7, 11) is 1.62. The minimum absolute atomic E-state index is 0.00965. The zero-order valence-electron chi connectivity index (χ0n) is 14.1. The van der Waals surface area contributed by atoms with Crippen LogP contribution in [0.15, 0.2) is 42.5 Å². The molecule has 2 N–H and O–H groups in total. The van der Waals surface area contributed by atoms with E-state index in [4.69, 9.17) is 4.74 Å². The molecule has 5 heteroatoms. The van der Waals surface area contributed by atoms with E-state index < -0.39 is 6.10 Å². The van der Waals surface area contributed by atoms with Crippen LogP contribution in [0.4, 0.5) is 4.39 Å². The molecule has 2 aromatic rings. The first-order valence-electron chi connectivity index (χ1n) is 7.94. The molecule has 0 radical (unpaired) electrons. The molecule has 0 aliphatic rings. The lowest BCUT2D eigenvalue weighted by molar-refractivity contribution is 0.0947. The van der Waals surface area contributed by atoms with Crippen molar-refractivity contribution in [2.24, 2.45) is 0 Å². The Labute approximate surface area is 142 Å². The molecule has 0 spiro atoms. The smallest absolute Gasteiger partial charge is 0.123 e. The summed E-state index contributed by atoms with van der Waals surface area (Å²) < 4.78 is 18.6. The van der Waals surface area contributed by atoms with Gasteiger partial charge in [-0.2, -0.15) is 0 Å². The van der Waals surface area contributed by atoms with Crippen molar-refractivity contribution in [2.75, 3.05) is 26.8 Å². The molecular formula is C19H24FNO3. The largest absolute Gasteiger partial charge is 0.496 e. The molecule has 0 aliphatic heterocycles. The minimum Gasteiger partial charge on any atom is -0.496 e. The highest BCUT2D eigenvalue weighted by atomic mass is 19.1. The van der Waals surface area contributed by atoms with E-state index in [1.165, 1.54) is 12.1 Å². The van der Waals surface area contributed by atoms with Gasteiger partial charge in [0.1, 0.15) is 11.6 Å². The molecule has 0 bridgehead atoms. The molecule has 0 heterocycles. The summed E-state index contributed by atoms with van der Waals surface area (Å²) >= 11 is 0. The predicted molar refractivity (Wildman–Crippen MR) is 91.5 cm³/mol. The molecule has 2 rings (SSSR count). The van der Waals surface area contributed by atoms with Gasteiger partial charge in [-0.3, -0.25) is 4.90 Å². The average Bonchev–Trinajstić information content (AvgIpc) is 2.55. The van der Waals surface area contributed by atoms with Crippen molar-refractivity contribution in [1.29, 1.82) is 0 Å². The second-order valence-corrected chi connectivity index (χ2v) is 5.79. The van der Waals surface area contributed by atoms with Gasteiger partial charge < -0.3 is 14.9 Å². The number of rotatable bonds is 8. The van der Waals surface area contributed by atoms with Crippen LogP contribution in [0.5, 0.6) is 5.75 Å². The van der Waals surface area contributed by atoms with Crippen molar-refractivity contribution in [2.45, 2.75) is 19.6 Å². The summed E-state index contributed by atoms with van der Waals surface area (Å²) in [5, 5.41) is 19.8. The average molecular weight is 333 g/mol. The SMILES string of the molecule is COc1ccccc1CN(CCO)CC(O)c1ccc(F)cc1C. The number of aliphatic hydroxyl groups excluding tert-OH is 2. The number of hydrogen-bond acceptors (Lipinski definition) is 4. The first kappa shape index (κ1) is 18.4. The summed E-state index contributed by atoms with van der Waals surface area (Å²) in [6.45, 7) is 3.07. The van der Waals surface area contributed by atoms with Crippen LogP contribution in [-0.2, 0) is 6.54 Å². The number of methoxy groups -OCH3 is 1. The molecule has 0 amide bonds. The van der Waals surface area contributed by atoms with Crippen molar-refractivity contribution in [3.8, 4) is 5.75 Å². The standard InChI is InChI=1S/C19H24FNO3/c1-14-11-16(20)7-8-17(14)18(23)13-21(9-10-22)12-15-5-3-4-6-19(15)24-2/h3-8,11,18,22-23H,9-10,12-13H2,1-2H3. The third kappa shape index (κ3) is 4.77. The Morgan fingerprint density at radius 1 is 1.21 bits per heavy atom. The van der Waals surface area contributed by atoms with Gasteiger partial charge in [0, 0.05) is 25.2 Å². The molecule has 24 heavy (non-hydrogen) atoms. The van der Waals surface area contributed by atoms with Crippen molar-refractivity contribution >= 4 is 0 Å². The zero-order chi connectivity index (χ0) is 17.5. The van der Waals surface area contributed by atoms with Gasteiger partial charge in [-0.15, -0.1) is 0 Å². The molecular weight excluding hydrogens is 309 g/mol. The van der Waals surface area contributed by atoms with E-state index in [2.05, 4.69) is 0 Å². The van der Waals surface area contributed by atoms with Crippen LogP contribution in [0.3, 0.4) is 0 Å². The highest BCUT2D eigenvalue weighted by molar-refractivity contribution is 5.33. The van der Waals surface area contributed by atoms with Gasteiger partial charge in [-0.1, -0.05) is 24.3 Å². The van der Waals surface area contributed by atoms with Gasteiger partial charge in [0.05, 0.1) is 19.8 Å². The van der Waals surface area contributed by atoms with Crippen LogP contribution >= 0.6 is 0 Å². The number of aryl methyl sites for hydroxylation is 1. The third-order valence-corrected chi connectivity index (χ3v) is 4.02. The number of para-hydroxylation sites is 1. The first-order chi connectivity index (χ1) is 11.5. The summed E-state index contributed by atoms with van der Waals surface area (Å²) in [4.78, 5) is 1.95. The zero-order valence-corrected chi connectivity index (χ0v) is 14.1. The highest BCUT2D eigenvalue weighted by Crippen LogP contribution is 2.23. The van der Waals surface area contributed by atoms with Crippen LogP contribution < -0.4 is 4.74 Å². The second-order valence-electron chi connectivity index (χ2n) is 5.79. The number of halogens is 1. The van der Waals surface area contributed by atoms with Crippen LogP contribution in [0.25, 0.3) is 0 Å². The van der Waals surface area contributed by atoms with E-state index >= 15 is 0 Å². The lowest BCUT2D eigenvalue weighted by Gasteiger charge is -2.26. The maximum absolute atomic E-state index is 13.2. The van der Waals surface area contributed by atoms with E-state index in [1.807, 2.05) is 29.2 Å². The number of benzene rings is 2. The Morgan fingerprint density at radius 3 is 2.62 bits per heavy atom. The Bertz CT molecular complexity index is 663. The molecule has 0 saturated carbocycles. The second kappa shape index (κ2) is 8.78. The summed E-state index contributed by atoms with van der Waals surface area (Å²) in [5.41, 5.74) is 2.39. The van der Waals surface area contributed by atoms with Gasteiger partial charge in [0.25, 0.3) is 0 Å². The third-order valence-electron chi connectivity index (χ3n) is 4.02. The molecule has 130 valence electrons. The number of ether oxygens (including phenoxy) is 1. The van der Waals surface area contributed by atoms with Gasteiger partial charge >= 0.3 is 0 Å². The van der Waals surface area contributed by atoms with Crippen molar-refractivity contribution in [3.63, 3.8) is 0 Å². The van der Waals surface area contributed by atoms with E-state index in [0.717, 1.165) is 11.3 Å². The van der Waals surface area contributed by atoms with Crippen molar-refractivity contribution < 1.29 is 19.3 Å². The van der Waals surface area contributed by atoms with Gasteiger partial charge in [0.15, 0.2) is 0 Å². The summed E-state index contributed by atoms with van der Waals surface area (Å²) in [6, 6.07) is 12.0. The quantitative estimate of drug-likeness (QED) is 0.780. The topological polar surface area (TPSA) is 52.9 Å². The molecule has 0 fully saturated rings. The Kier molecular flexibility index (Phi) is 6.73. The van der Waals surface area contributed by atoms with Gasteiger partial charge in [-0.25, -0.2) is 4.39 Å². The van der Waals surface area contributed by atoms with E-state index in [-0.39, 0.29) is 12.4 Å². The van der Waals surface area contributed by atoms with E-state index in [1.54, 1.807) is 20.1 Å². The maximum atomic E-state index is 13.2. The fourth-order valence-electron chi connectivity index (χ4n) is 2.81. The van der Waals surface area contributed by atoms with Crippen LogP contribution in [0, 0.1) is 12.7 Å². The summed E-state index contributed by atoms with van der Waals surface area (Å²) in [5.74, 6) is 0.456. The van der Waals surface area contributed by atoms with Crippen LogP contribution in [-0.4, -0.2) is 41.9 Å². The monoisotopic (exact) mass is 333 g/mol. The molecule has 0 saturated heterocycles. The predicted octanol–water partition coefficient (Wildman–Crippen LogP) is 2.67. The molecule has 1 unspecified atom stereocenters. The number of aliphatic hydroxyl groups is 2. The van der Waals surface area contributed by atoms with Crippen molar-refractivity contribution in [3.05, 3.63) is 65.0 Å². The van der Waals surface area contributed by atoms with Crippen LogP contribution in [0.1, 0.15) is 22.8 Å².